The summed E-state index contributed by atoms with van der Waals surface area (Å²) in [5, 5.41) is 0. The van der Waals surface area contributed by atoms with E-state index >= 15 is 0 Å². The number of likely N-dealkylation sites (N-methyl/N-ethyl adjacent to an activating group) is 1. The number of carbonyl (C=O) groups excluding carboxylic acids is 1. The fourth-order valence-corrected chi connectivity index (χ4v) is 0.910. The Morgan fingerprint density at radius 1 is 1.54 bits per heavy atom. The molecule has 0 spiro atoms. The van der Waals surface area contributed by atoms with Crippen LogP contribution in [0.25, 0.3) is 0 Å². The van der Waals surface area contributed by atoms with Crippen LogP contribution in [0.4, 0.5) is 4.39 Å². The molecule has 0 aromatic rings. The molecule has 13 heavy (non-hydrogen) atoms. The van der Waals surface area contributed by atoms with Gasteiger partial charge in [0.05, 0.1) is 6.61 Å². The van der Waals surface area contributed by atoms with Crippen molar-refractivity contribution in [1.29, 1.82) is 0 Å². The van der Waals surface area contributed by atoms with Gasteiger partial charge in [0, 0.05) is 13.0 Å². The summed E-state index contributed by atoms with van der Waals surface area (Å²) < 4.78 is 16.0. The van der Waals surface area contributed by atoms with Crippen molar-refractivity contribution in [3.05, 3.63) is 0 Å². The number of rotatable bonds is 8. The van der Waals surface area contributed by atoms with Gasteiger partial charge in [0.15, 0.2) is 6.86 Å². The Balaban J connectivity index is 3.19. The van der Waals surface area contributed by atoms with E-state index in [1.54, 1.807) is 0 Å². The molecule has 0 bridgehead atoms. The van der Waals surface area contributed by atoms with Gasteiger partial charge in [-0.05, 0) is 20.0 Å². The molecular formula is C8H17FN2O2. The quantitative estimate of drug-likeness (QED) is 0.556. The zero-order valence-electron chi connectivity index (χ0n) is 7.96. The molecule has 0 atom stereocenters. The number of primary amides is 1. The molecule has 0 aromatic heterocycles. The van der Waals surface area contributed by atoms with Gasteiger partial charge < -0.3 is 15.4 Å². The number of halogens is 1. The number of hydrogen-bond acceptors (Lipinski definition) is 3. The third kappa shape index (κ3) is 9.23. The van der Waals surface area contributed by atoms with Crippen LogP contribution < -0.4 is 5.73 Å². The number of ether oxygens (including phenoxy) is 1. The van der Waals surface area contributed by atoms with Crippen LogP contribution in [0, 0.1) is 0 Å². The summed E-state index contributed by atoms with van der Waals surface area (Å²) >= 11 is 0. The predicted octanol–water partition coefficient (Wildman–Crippen LogP) is 0.127. The van der Waals surface area contributed by atoms with E-state index < -0.39 is 6.86 Å². The molecule has 0 saturated carbocycles. The van der Waals surface area contributed by atoms with E-state index in [4.69, 9.17) is 5.73 Å². The average molecular weight is 192 g/mol. The average Bonchev–Trinajstić information content (AvgIpc) is 2.04. The number of amides is 1. The van der Waals surface area contributed by atoms with Gasteiger partial charge in [-0.15, -0.1) is 0 Å². The van der Waals surface area contributed by atoms with Gasteiger partial charge in [0.25, 0.3) is 0 Å². The SMILES string of the molecule is CN(CCCC(N)=O)CCOCF. The van der Waals surface area contributed by atoms with Gasteiger partial charge >= 0.3 is 0 Å². The fraction of sp³-hybridized carbons (Fsp3) is 0.875. The molecular weight excluding hydrogens is 175 g/mol. The number of nitrogens with zero attached hydrogens (tertiary/aromatic N) is 1. The molecule has 2 N–H and O–H groups in total. The monoisotopic (exact) mass is 192 g/mol. The van der Waals surface area contributed by atoms with Crippen LogP contribution in [0.5, 0.6) is 0 Å². The minimum absolute atomic E-state index is 0.284. The maximum Gasteiger partial charge on any atom is 0.217 e. The van der Waals surface area contributed by atoms with E-state index in [-0.39, 0.29) is 5.91 Å². The van der Waals surface area contributed by atoms with Crippen molar-refractivity contribution < 1.29 is 13.9 Å². The molecule has 0 aliphatic rings. The second-order valence-electron chi connectivity index (χ2n) is 2.89. The lowest BCUT2D eigenvalue weighted by Gasteiger charge is -2.14. The molecule has 0 fully saturated rings. The van der Waals surface area contributed by atoms with Crippen molar-refractivity contribution >= 4 is 5.91 Å². The van der Waals surface area contributed by atoms with E-state index in [9.17, 15) is 9.18 Å². The van der Waals surface area contributed by atoms with E-state index in [2.05, 4.69) is 4.74 Å². The Morgan fingerprint density at radius 3 is 2.77 bits per heavy atom. The molecule has 0 unspecified atom stereocenters. The topological polar surface area (TPSA) is 55.6 Å². The van der Waals surface area contributed by atoms with Crippen molar-refractivity contribution in [3.63, 3.8) is 0 Å². The zero-order valence-corrected chi connectivity index (χ0v) is 7.96. The normalized spacial score (nSPS) is 10.7. The molecule has 0 aliphatic heterocycles. The van der Waals surface area contributed by atoms with Crippen LogP contribution >= 0.6 is 0 Å². The zero-order chi connectivity index (χ0) is 10.1. The highest BCUT2D eigenvalue weighted by Crippen LogP contribution is 1.91. The third-order valence-corrected chi connectivity index (χ3v) is 1.66. The molecule has 0 saturated heterocycles. The maximum atomic E-state index is 11.5. The Labute approximate surface area is 77.8 Å². The Morgan fingerprint density at radius 2 is 2.23 bits per heavy atom. The van der Waals surface area contributed by atoms with E-state index in [0.717, 1.165) is 13.0 Å². The number of hydrogen-bond donors (Lipinski definition) is 1. The minimum Gasteiger partial charge on any atom is -0.370 e. The predicted molar refractivity (Wildman–Crippen MR) is 47.9 cm³/mol. The van der Waals surface area contributed by atoms with Gasteiger partial charge in [-0.2, -0.15) is 0 Å². The summed E-state index contributed by atoms with van der Waals surface area (Å²) in [6, 6.07) is 0. The Bertz CT molecular complexity index is 144. The minimum atomic E-state index is -0.741. The van der Waals surface area contributed by atoms with E-state index in [0.29, 0.717) is 19.6 Å². The van der Waals surface area contributed by atoms with Crippen LogP contribution in [0.15, 0.2) is 0 Å². The van der Waals surface area contributed by atoms with Crippen LogP contribution in [0.2, 0.25) is 0 Å². The summed E-state index contributed by atoms with van der Waals surface area (Å²) in [4.78, 5) is 12.3. The second kappa shape index (κ2) is 7.94. The van der Waals surface area contributed by atoms with Crippen LogP contribution in [-0.4, -0.2) is 44.4 Å². The van der Waals surface area contributed by atoms with Gasteiger partial charge in [-0.3, -0.25) is 4.79 Å². The smallest absolute Gasteiger partial charge is 0.217 e. The Hall–Kier alpha value is -0.680. The summed E-state index contributed by atoms with van der Waals surface area (Å²) in [7, 11) is 1.89. The summed E-state index contributed by atoms with van der Waals surface area (Å²) in [5.41, 5.74) is 4.97. The first-order chi connectivity index (χ1) is 6.16. The lowest BCUT2D eigenvalue weighted by atomic mass is 10.3. The molecule has 5 heteroatoms. The van der Waals surface area contributed by atoms with Crippen molar-refractivity contribution in [1.82, 2.24) is 4.90 Å². The molecule has 0 heterocycles. The second-order valence-corrected chi connectivity index (χ2v) is 2.89. The molecule has 0 aromatic carbocycles. The lowest BCUT2D eigenvalue weighted by molar-refractivity contribution is -0.118. The molecule has 1 amide bonds. The maximum absolute atomic E-state index is 11.5. The summed E-state index contributed by atoms with van der Waals surface area (Å²) in [5.74, 6) is -0.284. The van der Waals surface area contributed by atoms with Gasteiger partial charge in [0.1, 0.15) is 0 Å². The lowest BCUT2D eigenvalue weighted by Crippen LogP contribution is -2.25. The van der Waals surface area contributed by atoms with Gasteiger partial charge in [-0.1, -0.05) is 0 Å². The molecule has 0 aliphatic carbocycles. The first-order valence-corrected chi connectivity index (χ1v) is 4.27. The highest BCUT2D eigenvalue weighted by molar-refractivity contribution is 5.73. The standard InChI is InChI=1S/C8H17FN2O2/c1-11(5-6-13-7-9)4-2-3-8(10)12/h2-7H2,1H3,(H2,10,12). The van der Waals surface area contributed by atoms with Crippen molar-refractivity contribution in [2.24, 2.45) is 5.73 Å². The van der Waals surface area contributed by atoms with Gasteiger partial charge in [-0.25, -0.2) is 4.39 Å². The van der Waals surface area contributed by atoms with Crippen molar-refractivity contribution in [2.75, 3.05) is 33.6 Å². The molecule has 0 rings (SSSR count). The van der Waals surface area contributed by atoms with Crippen molar-refractivity contribution in [3.8, 4) is 0 Å². The van der Waals surface area contributed by atoms with E-state index in [1.165, 1.54) is 0 Å². The fourth-order valence-electron chi connectivity index (χ4n) is 0.910. The number of carbonyl (C=O) groups is 1. The molecule has 4 nitrogen and oxygen atoms in total. The number of nitrogens with two attached hydrogens (primary N) is 1. The summed E-state index contributed by atoms with van der Waals surface area (Å²) in [6.45, 7) is 1.08. The van der Waals surface area contributed by atoms with Crippen LogP contribution in [0.3, 0.4) is 0 Å². The van der Waals surface area contributed by atoms with Crippen LogP contribution in [-0.2, 0) is 9.53 Å². The molecule has 78 valence electrons. The van der Waals surface area contributed by atoms with Crippen LogP contribution in [0.1, 0.15) is 12.8 Å². The Kier molecular flexibility index (Phi) is 7.53. The molecule has 0 radical (unpaired) electrons. The largest absolute Gasteiger partial charge is 0.370 e. The van der Waals surface area contributed by atoms with E-state index in [1.807, 2.05) is 11.9 Å². The first-order valence-electron chi connectivity index (χ1n) is 4.27. The first kappa shape index (κ1) is 12.3. The highest BCUT2D eigenvalue weighted by Gasteiger charge is 1.99. The highest BCUT2D eigenvalue weighted by atomic mass is 19.1. The van der Waals surface area contributed by atoms with Gasteiger partial charge in [0.2, 0.25) is 5.91 Å². The third-order valence-electron chi connectivity index (χ3n) is 1.66. The number of alkyl halides is 1. The summed E-state index contributed by atoms with van der Waals surface area (Å²) in [6.07, 6.45) is 1.13. The van der Waals surface area contributed by atoms with Crippen molar-refractivity contribution in [2.45, 2.75) is 12.8 Å².